The zero-order valence-corrected chi connectivity index (χ0v) is 17.6. The molecule has 3 aromatic rings. The highest BCUT2D eigenvalue weighted by atomic mass is 32.2. The van der Waals surface area contributed by atoms with Gasteiger partial charge in [0.1, 0.15) is 5.75 Å². The molecule has 30 heavy (non-hydrogen) atoms. The first-order valence-corrected chi connectivity index (χ1v) is 11.1. The summed E-state index contributed by atoms with van der Waals surface area (Å²) in [6.07, 6.45) is 0.654. The average molecular weight is 421 g/mol. The topological polar surface area (TPSA) is 62.1 Å². The zero-order chi connectivity index (χ0) is 20.9. The third kappa shape index (κ3) is 4.35. The summed E-state index contributed by atoms with van der Waals surface area (Å²) in [5.74, 6) is 1.56. The number of carbonyl (C=O) groups excluding carboxylic acids is 1. The monoisotopic (exact) mass is 420 g/mol. The lowest BCUT2D eigenvalue weighted by Crippen LogP contribution is -2.28. The number of aliphatic hydroxyl groups is 1. The van der Waals surface area contributed by atoms with Crippen LogP contribution in [0.1, 0.15) is 23.6 Å². The average Bonchev–Trinajstić information content (AvgIpc) is 3.24. The van der Waals surface area contributed by atoms with Crippen molar-refractivity contribution in [2.24, 2.45) is 5.10 Å². The molecule has 1 N–H and O–H groups in total. The summed E-state index contributed by atoms with van der Waals surface area (Å²) in [6.45, 7) is 0.0610. The quantitative estimate of drug-likeness (QED) is 0.581. The standard InChI is InChI=1S/C24H24N2O3S/c1-29-21-10-8-18(9-11-21)23-15-22(25-26(23)24(28)16-30-13-12-27)20-7-6-17-4-2-3-5-19(17)14-20/h2-11,14,23,27H,12-13,15-16H2,1H3/t23-/m1/s1. The lowest BCUT2D eigenvalue weighted by atomic mass is 9.97. The summed E-state index contributed by atoms with van der Waals surface area (Å²) in [6, 6.07) is 22.2. The number of amides is 1. The van der Waals surface area contributed by atoms with Crippen LogP contribution in [0.15, 0.2) is 71.8 Å². The molecule has 0 bridgehead atoms. The molecule has 1 atom stereocenters. The Morgan fingerprint density at radius 3 is 2.63 bits per heavy atom. The zero-order valence-electron chi connectivity index (χ0n) is 16.8. The second-order valence-electron chi connectivity index (χ2n) is 7.12. The van der Waals surface area contributed by atoms with Crippen LogP contribution in [0.25, 0.3) is 10.8 Å². The van der Waals surface area contributed by atoms with Crippen LogP contribution in [0, 0.1) is 0 Å². The fourth-order valence-electron chi connectivity index (χ4n) is 3.66. The molecule has 0 saturated heterocycles. The maximum atomic E-state index is 12.9. The summed E-state index contributed by atoms with van der Waals surface area (Å²) in [5, 5.41) is 17.7. The van der Waals surface area contributed by atoms with Gasteiger partial charge in [-0.15, -0.1) is 11.8 Å². The molecule has 0 fully saturated rings. The van der Waals surface area contributed by atoms with Crippen LogP contribution in [0.5, 0.6) is 5.75 Å². The van der Waals surface area contributed by atoms with Gasteiger partial charge < -0.3 is 9.84 Å². The third-order valence-electron chi connectivity index (χ3n) is 5.21. The SMILES string of the molecule is COc1ccc([C@H]2CC(c3ccc4ccccc4c3)=NN2C(=O)CSCCO)cc1. The highest BCUT2D eigenvalue weighted by molar-refractivity contribution is 7.99. The van der Waals surface area contributed by atoms with Gasteiger partial charge in [0, 0.05) is 12.2 Å². The van der Waals surface area contributed by atoms with Gasteiger partial charge in [0.05, 0.1) is 31.2 Å². The van der Waals surface area contributed by atoms with Crippen molar-refractivity contribution >= 4 is 34.2 Å². The van der Waals surface area contributed by atoms with Crippen LogP contribution < -0.4 is 4.74 Å². The first kappa shape index (κ1) is 20.4. The number of rotatable bonds is 7. The van der Waals surface area contributed by atoms with E-state index in [9.17, 15) is 4.79 Å². The Kier molecular flexibility index (Phi) is 6.35. The normalized spacial score (nSPS) is 16.0. The summed E-state index contributed by atoms with van der Waals surface area (Å²) >= 11 is 1.42. The van der Waals surface area contributed by atoms with Crippen molar-refractivity contribution < 1.29 is 14.6 Å². The van der Waals surface area contributed by atoms with Crippen molar-refractivity contribution in [3.63, 3.8) is 0 Å². The summed E-state index contributed by atoms with van der Waals surface area (Å²) in [7, 11) is 1.64. The first-order valence-electron chi connectivity index (χ1n) is 9.91. The van der Waals surface area contributed by atoms with Crippen molar-refractivity contribution in [3.8, 4) is 5.75 Å². The largest absolute Gasteiger partial charge is 0.497 e. The number of aliphatic hydroxyl groups excluding tert-OH is 1. The number of hydrazone groups is 1. The van der Waals surface area contributed by atoms with E-state index in [0.717, 1.165) is 28.0 Å². The maximum absolute atomic E-state index is 12.9. The number of benzene rings is 3. The van der Waals surface area contributed by atoms with E-state index in [-0.39, 0.29) is 18.6 Å². The highest BCUT2D eigenvalue weighted by Gasteiger charge is 2.33. The predicted octanol–water partition coefficient (Wildman–Crippen LogP) is 4.25. The van der Waals surface area contributed by atoms with Crippen molar-refractivity contribution in [1.29, 1.82) is 0 Å². The molecule has 0 spiro atoms. The Balaban J connectivity index is 1.64. The summed E-state index contributed by atoms with van der Waals surface area (Å²) in [5.41, 5.74) is 2.96. The van der Waals surface area contributed by atoms with E-state index < -0.39 is 0 Å². The second kappa shape index (κ2) is 9.32. The van der Waals surface area contributed by atoms with Gasteiger partial charge in [-0.2, -0.15) is 5.10 Å². The number of fused-ring (bicyclic) bond motifs is 1. The molecule has 3 aromatic carbocycles. The maximum Gasteiger partial charge on any atom is 0.253 e. The molecule has 0 radical (unpaired) electrons. The van der Waals surface area contributed by atoms with Gasteiger partial charge in [-0.25, -0.2) is 5.01 Å². The van der Waals surface area contributed by atoms with Crippen LogP contribution in [-0.2, 0) is 4.79 Å². The number of carbonyl (C=O) groups is 1. The van der Waals surface area contributed by atoms with Crippen molar-refractivity contribution in [2.75, 3.05) is 25.2 Å². The van der Waals surface area contributed by atoms with Crippen LogP contribution >= 0.6 is 11.8 Å². The van der Waals surface area contributed by atoms with E-state index in [4.69, 9.17) is 14.9 Å². The molecule has 1 amide bonds. The summed E-state index contributed by atoms with van der Waals surface area (Å²) < 4.78 is 5.27. The molecule has 6 heteroatoms. The van der Waals surface area contributed by atoms with Gasteiger partial charge >= 0.3 is 0 Å². The molecule has 1 heterocycles. The van der Waals surface area contributed by atoms with Gasteiger partial charge in [0.25, 0.3) is 5.91 Å². The minimum Gasteiger partial charge on any atom is -0.497 e. The number of methoxy groups -OCH3 is 1. The van der Waals surface area contributed by atoms with E-state index in [2.05, 4.69) is 30.3 Å². The van der Waals surface area contributed by atoms with Gasteiger partial charge in [-0.1, -0.05) is 48.5 Å². The fraction of sp³-hybridized carbons (Fsp3) is 0.250. The van der Waals surface area contributed by atoms with Crippen LogP contribution in [0.2, 0.25) is 0 Å². The van der Waals surface area contributed by atoms with Crippen molar-refractivity contribution in [2.45, 2.75) is 12.5 Å². The predicted molar refractivity (Wildman–Crippen MR) is 122 cm³/mol. The molecule has 0 aliphatic carbocycles. The van der Waals surface area contributed by atoms with Gasteiger partial charge in [0.2, 0.25) is 0 Å². The molecule has 1 aliphatic rings. The minimum absolute atomic E-state index is 0.0509. The van der Waals surface area contributed by atoms with Crippen molar-refractivity contribution in [1.82, 2.24) is 5.01 Å². The number of hydrogen-bond donors (Lipinski definition) is 1. The Hall–Kier alpha value is -2.83. The third-order valence-corrected chi connectivity index (χ3v) is 6.13. The van der Waals surface area contributed by atoms with Gasteiger partial charge in [-0.05, 0) is 40.1 Å². The molecule has 0 aromatic heterocycles. The van der Waals surface area contributed by atoms with E-state index in [1.807, 2.05) is 36.4 Å². The molecule has 0 unspecified atom stereocenters. The smallest absolute Gasteiger partial charge is 0.253 e. The van der Waals surface area contributed by atoms with Crippen LogP contribution in [0.4, 0.5) is 0 Å². The summed E-state index contributed by atoms with van der Waals surface area (Å²) in [4.78, 5) is 12.9. The van der Waals surface area contributed by atoms with Crippen LogP contribution in [-0.4, -0.2) is 47.0 Å². The lowest BCUT2D eigenvalue weighted by molar-refractivity contribution is -0.130. The molecular formula is C24H24N2O3S. The van der Waals surface area contributed by atoms with Crippen molar-refractivity contribution in [3.05, 3.63) is 77.9 Å². The van der Waals surface area contributed by atoms with Crippen LogP contribution in [0.3, 0.4) is 0 Å². The molecule has 1 aliphatic heterocycles. The number of ether oxygens (including phenoxy) is 1. The Bertz CT molecular complexity index is 1070. The Labute approximate surface area is 180 Å². The van der Waals surface area contributed by atoms with E-state index in [1.54, 1.807) is 12.1 Å². The molecule has 0 saturated carbocycles. The number of thioether (sulfide) groups is 1. The van der Waals surface area contributed by atoms with Gasteiger partial charge in [0.15, 0.2) is 0 Å². The number of nitrogens with zero attached hydrogens (tertiary/aromatic N) is 2. The fourth-order valence-corrected chi connectivity index (χ4v) is 4.24. The lowest BCUT2D eigenvalue weighted by Gasteiger charge is -2.22. The first-order chi connectivity index (χ1) is 14.7. The van der Waals surface area contributed by atoms with Gasteiger partial charge in [-0.3, -0.25) is 4.79 Å². The molecule has 4 rings (SSSR count). The van der Waals surface area contributed by atoms with E-state index in [1.165, 1.54) is 17.1 Å². The van der Waals surface area contributed by atoms with E-state index in [0.29, 0.717) is 17.9 Å². The Morgan fingerprint density at radius 1 is 1.13 bits per heavy atom. The Morgan fingerprint density at radius 2 is 1.90 bits per heavy atom. The molecule has 154 valence electrons. The minimum atomic E-state index is -0.153. The number of hydrogen-bond acceptors (Lipinski definition) is 5. The highest BCUT2D eigenvalue weighted by Crippen LogP contribution is 2.34. The second-order valence-corrected chi connectivity index (χ2v) is 8.22. The van der Waals surface area contributed by atoms with E-state index >= 15 is 0 Å². The molecular weight excluding hydrogens is 396 g/mol. The molecule has 5 nitrogen and oxygen atoms in total.